The van der Waals surface area contributed by atoms with E-state index in [1.165, 1.54) is 11.1 Å². The first-order valence-electron chi connectivity index (χ1n) is 15.4. The summed E-state index contributed by atoms with van der Waals surface area (Å²) in [6.07, 6.45) is 11.9. The topological polar surface area (TPSA) is 129 Å². The van der Waals surface area contributed by atoms with Crippen molar-refractivity contribution in [3.05, 3.63) is 120 Å². The van der Waals surface area contributed by atoms with E-state index in [0.29, 0.717) is 17.0 Å². The van der Waals surface area contributed by atoms with Gasteiger partial charge in [-0.1, -0.05) is 24.3 Å². The molecule has 0 fully saturated rings. The maximum Gasteiger partial charge on any atom is 0.488 e. The Hall–Kier alpha value is -5.53. The number of rotatable bonds is 8. The first-order chi connectivity index (χ1) is 24.4. The molecule has 4 aromatic carbocycles. The lowest BCUT2D eigenvalue weighted by Gasteiger charge is -2.12. The summed E-state index contributed by atoms with van der Waals surface area (Å²) in [4.78, 5) is 9.92. The van der Waals surface area contributed by atoms with Gasteiger partial charge in [-0.25, -0.2) is 9.88 Å². The van der Waals surface area contributed by atoms with E-state index in [9.17, 15) is 0 Å². The maximum atomic E-state index is 8.81. The van der Waals surface area contributed by atoms with Crippen LogP contribution in [0, 0.1) is 6.20 Å². The van der Waals surface area contributed by atoms with Gasteiger partial charge in [-0.2, -0.15) is 0 Å². The Labute approximate surface area is 298 Å². The van der Waals surface area contributed by atoms with E-state index in [4.69, 9.17) is 38.5 Å². The van der Waals surface area contributed by atoms with Gasteiger partial charge in [-0.15, -0.1) is 0 Å². The molecule has 0 aliphatic carbocycles. The molecule has 0 saturated heterocycles. The molecule has 0 saturated carbocycles. The molecule has 14 heteroatoms. The van der Waals surface area contributed by atoms with Crippen molar-refractivity contribution in [2.45, 2.75) is 13.1 Å². The molecule has 0 unspecified atom stereocenters. The van der Waals surface area contributed by atoms with Crippen LogP contribution in [0.4, 0.5) is 0 Å². The van der Waals surface area contributed by atoms with Gasteiger partial charge in [0.2, 0.25) is 26.1 Å². The fourth-order valence-electron chi connectivity index (χ4n) is 5.16. The molecule has 0 atom stereocenters. The van der Waals surface area contributed by atoms with Gasteiger partial charge >= 0.3 is 7.12 Å². The van der Waals surface area contributed by atoms with Crippen LogP contribution in [0.2, 0.25) is 0 Å². The van der Waals surface area contributed by atoms with Crippen LogP contribution in [0.1, 0.15) is 11.1 Å². The molecule has 4 heterocycles. The standard InChI is InChI=1S/C18H16N2O3.C11H10BrN2O.C7H7BO4/c1-21-16-4-2-13(10-20-7-6-19-11-20)8-15(16)14-3-5-17-18(9-14)23-12-22-17;1-15-11-3-2-9(6-10(11)12)7-14-5-4-13-8-14;9-8(10)5-1-2-6-7(3-5)12-4-11-6/h2-9,11H,10,12H2,1H3;2-3,5-6,8H,7H2,1H3;1-3,9-10H,4H2/q;+1;. The molecular formula is C36H33BBrN4O8+. The minimum Gasteiger partial charge on any atom is -0.496 e. The summed E-state index contributed by atoms with van der Waals surface area (Å²) in [7, 11) is 1.88. The average Bonchev–Trinajstić information content (AvgIpc) is 3.97. The minimum absolute atomic E-state index is 0.195. The number of methoxy groups -OCH3 is 2. The van der Waals surface area contributed by atoms with Gasteiger partial charge < -0.3 is 43.0 Å². The van der Waals surface area contributed by atoms with E-state index in [0.717, 1.165) is 51.7 Å². The molecule has 8 rings (SSSR count). The Morgan fingerprint density at radius 1 is 0.800 bits per heavy atom. The predicted octanol–water partition coefficient (Wildman–Crippen LogP) is 5.01. The minimum atomic E-state index is -1.46. The number of aliphatic imine (C=N–C) groups is 1. The summed E-state index contributed by atoms with van der Waals surface area (Å²) in [5, 5.41) is 17.6. The highest BCUT2D eigenvalue weighted by atomic mass is 79.9. The Bertz CT molecular complexity index is 1960. The number of fused-ring (bicyclic) bond motifs is 2. The number of halogens is 1. The number of hydrogen-bond acceptors (Lipinski definition) is 11. The normalized spacial score (nSPS) is 12.8. The van der Waals surface area contributed by atoms with Crippen LogP contribution >= 0.6 is 15.9 Å². The third kappa shape index (κ3) is 8.54. The van der Waals surface area contributed by atoms with E-state index in [-0.39, 0.29) is 13.6 Å². The molecule has 12 nitrogen and oxygen atoms in total. The largest absolute Gasteiger partial charge is 0.496 e. The fraction of sp³-hybridized carbons (Fsp3) is 0.167. The lowest BCUT2D eigenvalue weighted by Crippen LogP contribution is -2.29. The predicted molar refractivity (Wildman–Crippen MR) is 191 cm³/mol. The molecule has 3 aliphatic heterocycles. The second-order valence-electron chi connectivity index (χ2n) is 11.0. The maximum absolute atomic E-state index is 8.81. The third-order valence-corrected chi connectivity index (χ3v) is 8.27. The molecule has 3 aliphatic rings. The number of imidazole rings is 1. The molecule has 0 bridgehead atoms. The SMILES string of the molecule is COc1ccc(CN2C=[C+]N=C2)cc1Br.COc1ccc(Cn2ccnc2)cc1-c1ccc2c(c1)OCO2.OB(O)c1ccc2c(c1)OCO2. The average molecular weight is 740 g/mol. The van der Waals surface area contributed by atoms with Crippen molar-refractivity contribution in [1.29, 1.82) is 0 Å². The summed E-state index contributed by atoms with van der Waals surface area (Å²) in [6, 6.07) is 22.9. The monoisotopic (exact) mass is 739 g/mol. The van der Waals surface area contributed by atoms with Gasteiger partial charge in [0.1, 0.15) is 11.5 Å². The number of ether oxygens (including phenoxy) is 6. The lowest BCUT2D eigenvalue weighted by molar-refractivity contribution is 0.173. The van der Waals surface area contributed by atoms with Crippen molar-refractivity contribution < 1.29 is 38.5 Å². The second-order valence-corrected chi connectivity index (χ2v) is 11.8. The summed E-state index contributed by atoms with van der Waals surface area (Å²) in [6.45, 7) is 2.03. The summed E-state index contributed by atoms with van der Waals surface area (Å²) < 4.78 is 34.6. The van der Waals surface area contributed by atoms with Crippen LogP contribution in [0.3, 0.4) is 0 Å². The van der Waals surface area contributed by atoms with Crippen molar-refractivity contribution in [1.82, 2.24) is 14.5 Å². The van der Waals surface area contributed by atoms with E-state index >= 15 is 0 Å². The Morgan fingerprint density at radius 3 is 2.12 bits per heavy atom. The fourth-order valence-corrected chi connectivity index (χ4v) is 5.75. The molecule has 50 heavy (non-hydrogen) atoms. The molecule has 5 aromatic rings. The van der Waals surface area contributed by atoms with Gasteiger partial charge in [0.25, 0.3) is 0 Å². The quantitative estimate of drug-likeness (QED) is 0.166. The van der Waals surface area contributed by atoms with Crippen LogP contribution in [-0.4, -0.2) is 65.8 Å². The summed E-state index contributed by atoms with van der Waals surface area (Å²) in [5.74, 6) is 4.42. The number of benzene rings is 4. The number of nitrogens with zero attached hydrogens (tertiary/aromatic N) is 4. The third-order valence-electron chi connectivity index (χ3n) is 7.65. The number of hydrogen-bond donors (Lipinski definition) is 2. The van der Waals surface area contributed by atoms with Crippen LogP contribution in [0.15, 0.2) is 107 Å². The van der Waals surface area contributed by atoms with Crippen molar-refractivity contribution in [2.75, 3.05) is 27.8 Å². The van der Waals surface area contributed by atoms with Gasteiger partial charge in [-0.3, -0.25) is 0 Å². The molecule has 254 valence electrons. The molecule has 0 spiro atoms. The zero-order valence-corrected chi connectivity index (χ0v) is 28.8. The van der Waals surface area contributed by atoms with E-state index in [2.05, 4.69) is 44.2 Å². The van der Waals surface area contributed by atoms with Crippen molar-refractivity contribution >= 4 is 34.8 Å². The van der Waals surface area contributed by atoms with Gasteiger partial charge in [0.15, 0.2) is 29.2 Å². The zero-order chi connectivity index (χ0) is 34.9. The Kier molecular flexibility index (Phi) is 11.2. The molecule has 0 amide bonds. The highest BCUT2D eigenvalue weighted by Gasteiger charge is 2.19. The van der Waals surface area contributed by atoms with Gasteiger partial charge in [-0.05, 0) is 86.6 Å². The van der Waals surface area contributed by atoms with Crippen molar-refractivity contribution in [3.8, 4) is 45.6 Å². The smallest absolute Gasteiger partial charge is 0.488 e. The summed E-state index contributed by atoms with van der Waals surface area (Å²) >= 11 is 3.45. The first kappa shape index (κ1) is 34.3. The lowest BCUT2D eigenvalue weighted by atomic mass is 9.80. The van der Waals surface area contributed by atoms with Crippen molar-refractivity contribution in [2.24, 2.45) is 4.99 Å². The van der Waals surface area contributed by atoms with Crippen molar-refractivity contribution in [3.63, 3.8) is 0 Å². The highest BCUT2D eigenvalue weighted by Crippen LogP contribution is 2.39. The van der Waals surface area contributed by atoms with E-state index in [1.807, 2.05) is 70.7 Å². The molecular weight excluding hydrogens is 707 g/mol. The Balaban J connectivity index is 0.000000138. The summed E-state index contributed by atoms with van der Waals surface area (Å²) in [5.41, 5.74) is 4.84. The van der Waals surface area contributed by atoms with E-state index < -0.39 is 7.12 Å². The van der Waals surface area contributed by atoms with Crippen LogP contribution < -0.4 is 33.9 Å². The molecule has 1 aromatic heterocycles. The van der Waals surface area contributed by atoms with Crippen LogP contribution in [0.5, 0.6) is 34.5 Å². The van der Waals surface area contributed by atoms with Crippen LogP contribution in [0.25, 0.3) is 11.1 Å². The van der Waals surface area contributed by atoms with Crippen LogP contribution in [-0.2, 0) is 13.1 Å². The first-order valence-corrected chi connectivity index (χ1v) is 16.2. The highest BCUT2D eigenvalue weighted by molar-refractivity contribution is 9.10. The zero-order valence-electron chi connectivity index (χ0n) is 27.2. The second kappa shape index (κ2) is 16.2. The Morgan fingerprint density at radius 2 is 1.48 bits per heavy atom. The molecule has 0 radical (unpaired) electrons. The van der Waals surface area contributed by atoms with Gasteiger partial charge in [0.05, 0.1) is 31.6 Å². The van der Waals surface area contributed by atoms with E-state index in [1.54, 1.807) is 45.0 Å². The molecule has 2 N–H and O–H groups in total. The number of aromatic nitrogens is 2. The van der Waals surface area contributed by atoms with Gasteiger partial charge in [0, 0.05) is 29.5 Å².